The Morgan fingerprint density at radius 2 is 1.70 bits per heavy atom. The summed E-state index contributed by atoms with van der Waals surface area (Å²) in [5.41, 5.74) is -0.703. The third-order valence-electron chi connectivity index (χ3n) is 5.35. The molecule has 1 heterocycles. The molecular weight excluding hydrogens is 290 g/mol. The van der Waals surface area contributed by atoms with Crippen LogP contribution in [0.3, 0.4) is 0 Å². The van der Waals surface area contributed by atoms with Crippen molar-refractivity contribution >= 4 is 6.03 Å². The summed E-state index contributed by atoms with van der Waals surface area (Å²) in [6.07, 6.45) is 10.2. The van der Waals surface area contributed by atoms with E-state index in [-0.39, 0.29) is 11.6 Å². The summed E-state index contributed by atoms with van der Waals surface area (Å²) >= 11 is 0. The van der Waals surface area contributed by atoms with E-state index in [1.807, 2.05) is 0 Å². The molecule has 23 heavy (non-hydrogen) atoms. The Morgan fingerprint density at radius 3 is 2.26 bits per heavy atom. The van der Waals surface area contributed by atoms with Gasteiger partial charge in [0, 0.05) is 19.1 Å². The van der Waals surface area contributed by atoms with Gasteiger partial charge in [-0.25, -0.2) is 4.79 Å². The van der Waals surface area contributed by atoms with E-state index in [4.69, 9.17) is 0 Å². The lowest BCUT2D eigenvalue weighted by molar-refractivity contribution is 0.0316. The molecule has 0 aromatic rings. The Labute approximate surface area is 141 Å². The van der Waals surface area contributed by atoms with Crippen LogP contribution < -0.4 is 5.32 Å². The molecule has 2 amide bonds. The van der Waals surface area contributed by atoms with Crippen molar-refractivity contribution in [3.63, 3.8) is 0 Å². The minimum absolute atomic E-state index is 0.0749. The third-order valence-corrected chi connectivity index (χ3v) is 5.35. The highest BCUT2D eigenvalue weighted by Gasteiger charge is 2.38. The molecule has 2 aliphatic rings. The lowest BCUT2D eigenvalue weighted by Gasteiger charge is -2.48. The molecule has 134 valence electrons. The number of carbonyl (C=O) groups is 1. The summed E-state index contributed by atoms with van der Waals surface area (Å²) in [6.45, 7) is 6.89. The highest BCUT2D eigenvalue weighted by molar-refractivity contribution is 5.74. The van der Waals surface area contributed by atoms with Gasteiger partial charge in [-0.1, -0.05) is 25.7 Å². The SMILES string of the molecule is CN(CC(C)(C)O)C(=O)NCC1(N2CCCCC2)CCCCC1. The van der Waals surface area contributed by atoms with Gasteiger partial charge in [0.25, 0.3) is 0 Å². The Morgan fingerprint density at radius 1 is 1.13 bits per heavy atom. The lowest BCUT2D eigenvalue weighted by atomic mass is 9.79. The molecule has 2 rings (SSSR count). The molecular formula is C18H35N3O2. The van der Waals surface area contributed by atoms with Gasteiger partial charge >= 0.3 is 6.03 Å². The van der Waals surface area contributed by atoms with Crippen molar-refractivity contribution in [1.82, 2.24) is 15.1 Å². The highest BCUT2D eigenvalue weighted by Crippen LogP contribution is 2.35. The zero-order chi connectivity index (χ0) is 16.9. The molecule has 2 fully saturated rings. The zero-order valence-corrected chi connectivity index (χ0v) is 15.2. The second-order valence-corrected chi connectivity index (χ2v) is 8.16. The van der Waals surface area contributed by atoms with E-state index in [2.05, 4.69) is 10.2 Å². The largest absolute Gasteiger partial charge is 0.389 e. The predicted molar refractivity (Wildman–Crippen MR) is 93.6 cm³/mol. The second-order valence-electron chi connectivity index (χ2n) is 8.16. The summed E-state index contributed by atoms with van der Waals surface area (Å²) in [7, 11) is 1.75. The minimum atomic E-state index is -0.860. The van der Waals surface area contributed by atoms with Gasteiger partial charge in [0.05, 0.1) is 12.1 Å². The highest BCUT2D eigenvalue weighted by atomic mass is 16.3. The summed E-state index contributed by atoms with van der Waals surface area (Å²) < 4.78 is 0. The van der Waals surface area contributed by atoms with Crippen molar-refractivity contribution in [2.45, 2.75) is 76.4 Å². The number of carbonyl (C=O) groups excluding carboxylic acids is 1. The first kappa shape index (κ1) is 18.5. The van der Waals surface area contributed by atoms with Crippen molar-refractivity contribution < 1.29 is 9.90 Å². The molecule has 0 aromatic heterocycles. The molecule has 0 radical (unpaired) electrons. The van der Waals surface area contributed by atoms with Crippen LogP contribution in [-0.4, -0.2) is 65.3 Å². The van der Waals surface area contributed by atoms with E-state index in [1.54, 1.807) is 25.8 Å². The molecule has 2 N–H and O–H groups in total. The van der Waals surface area contributed by atoms with Crippen molar-refractivity contribution in [3.8, 4) is 0 Å². The van der Waals surface area contributed by atoms with Gasteiger partial charge in [0.15, 0.2) is 0 Å². The van der Waals surface area contributed by atoms with E-state index < -0.39 is 5.60 Å². The number of hydrogen-bond acceptors (Lipinski definition) is 3. The second kappa shape index (κ2) is 7.84. The number of likely N-dealkylation sites (N-methyl/N-ethyl adjacent to an activating group) is 1. The van der Waals surface area contributed by atoms with Crippen molar-refractivity contribution in [2.24, 2.45) is 0 Å². The number of rotatable bonds is 5. The normalized spacial score (nSPS) is 22.6. The van der Waals surface area contributed by atoms with Crippen molar-refractivity contribution in [1.29, 1.82) is 0 Å². The van der Waals surface area contributed by atoms with Crippen LogP contribution in [0.1, 0.15) is 65.2 Å². The first-order valence-electron chi connectivity index (χ1n) is 9.29. The monoisotopic (exact) mass is 325 g/mol. The molecule has 0 bridgehead atoms. The quantitative estimate of drug-likeness (QED) is 0.817. The molecule has 0 spiro atoms. The van der Waals surface area contributed by atoms with Gasteiger partial charge in [-0.05, 0) is 52.6 Å². The lowest BCUT2D eigenvalue weighted by Crippen LogP contribution is -2.59. The number of piperidine rings is 1. The van der Waals surface area contributed by atoms with Crippen LogP contribution in [0, 0.1) is 0 Å². The number of nitrogens with zero attached hydrogens (tertiary/aromatic N) is 2. The van der Waals surface area contributed by atoms with E-state index in [9.17, 15) is 9.90 Å². The first-order chi connectivity index (χ1) is 10.8. The maximum Gasteiger partial charge on any atom is 0.317 e. The number of nitrogens with one attached hydrogen (secondary N) is 1. The number of hydrogen-bond donors (Lipinski definition) is 2. The van der Waals surface area contributed by atoms with Gasteiger partial charge in [0.2, 0.25) is 0 Å². The van der Waals surface area contributed by atoms with Gasteiger partial charge in [0.1, 0.15) is 0 Å². The van der Waals surface area contributed by atoms with Crippen LogP contribution in [0.25, 0.3) is 0 Å². The molecule has 1 saturated carbocycles. The first-order valence-corrected chi connectivity index (χ1v) is 9.29. The van der Waals surface area contributed by atoms with Crippen LogP contribution in [0.2, 0.25) is 0 Å². The Bertz CT molecular complexity index is 380. The molecule has 1 aliphatic carbocycles. The predicted octanol–water partition coefficient (Wildman–Crippen LogP) is 2.59. The van der Waals surface area contributed by atoms with Crippen molar-refractivity contribution in [2.75, 3.05) is 33.2 Å². The van der Waals surface area contributed by atoms with Crippen LogP contribution >= 0.6 is 0 Å². The average Bonchev–Trinajstić information content (AvgIpc) is 2.53. The van der Waals surface area contributed by atoms with Gasteiger partial charge in [-0.15, -0.1) is 0 Å². The molecule has 1 aliphatic heterocycles. The molecule has 1 saturated heterocycles. The van der Waals surface area contributed by atoms with Crippen molar-refractivity contribution in [3.05, 3.63) is 0 Å². The summed E-state index contributed by atoms with van der Waals surface area (Å²) in [4.78, 5) is 16.6. The number of urea groups is 1. The Kier molecular flexibility index (Phi) is 6.32. The summed E-state index contributed by atoms with van der Waals surface area (Å²) in [6, 6.07) is -0.0749. The fraction of sp³-hybridized carbons (Fsp3) is 0.944. The maximum absolute atomic E-state index is 12.4. The molecule has 0 aromatic carbocycles. The number of likely N-dealkylation sites (tertiary alicyclic amines) is 1. The number of aliphatic hydroxyl groups is 1. The Hall–Kier alpha value is -0.810. The van der Waals surface area contributed by atoms with E-state index in [0.717, 1.165) is 6.54 Å². The van der Waals surface area contributed by atoms with E-state index in [1.165, 1.54) is 64.5 Å². The van der Waals surface area contributed by atoms with E-state index >= 15 is 0 Å². The molecule has 5 heteroatoms. The van der Waals surface area contributed by atoms with Gasteiger partial charge in [-0.3, -0.25) is 4.90 Å². The van der Waals surface area contributed by atoms with Crippen LogP contribution in [0.15, 0.2) is 0 Å². The van der Waals surface area contributed by atoms with Gasteiger partial charge < -0.3 is 15.3 Å². The van der Waals surface area contributed by atoms with Crippen LogP contribution in [0.4, 0.5) is 4.79 Å². The fourth-order valence-electron chi connectivity index (χ4n) is 4.21. The molecule has 5 nitrogen and oxygen atoms in total. The zero-order valence-electron chi connectivity index (χ0n) is 15.2. The van der Waals surface area contributed by atoms with Gasteiger partial charge in [-0.2, -0.15) is 0 Å². The van der Waals surface area contributed by atoms with E-state index in [0.29, 0.717) is 6.54 Å². The van der Waals surface area contributed by atoms with Crippen LogP contribution in [0.5, 0.6) is 0 Å². The standard InChI is InChI=1S/C18H35N3O2/c1-17(2,23)15-20(3)16(22)19-14-18(10-6-4-7-11-18)21-12-8-5-9-13-21/h23H,4-15H2,1-3H3,(H,19,22). The minimum Gasteiger partial charge on any atom is -0.389 e. The maximum atomic E-state index is 12.4. The summed E-state index contributed by atoms with van der Waals surface area (Å²) in [5, 5.41) is 13.0. The number of amides is 2. The third kappa shape index (κ3) is 5.35. The smallest absolute Gasteiger partial charge is 0.317 e. The topological polar surface area (TPSA) is 55.8 Å². The molecule has 0 unspecified atom stereocenters. The molecule has 0 atom stereocenters. The summed E-state index contributed by atoms with van der Waals surface area (Å²) in [5.74, 6) is 0. The fourth-order valence-corrected chi connectivity index (χ4v) is 4.21. The average molecular weight is 325 g/mol. The Balaban J connectivity index is 1.94. The van der Waals surface area contributed by atoms with Crippen LogP contribution in [-0.2, 0) is 0 Å².